The highest BCUT2D eigenvalue weighted by atomic mass is 16.2. The Morgan fingerprint density at radius 3 is 2.64 bits per heavy atom. The van der Waals surface area contributed by atoms with Crippen molar-refractivity contribution < 1.29 is 9.59 Å². The number of nitrogens with one attached hydrogen (secondary N) is 1. The monoisotopic (exact) mass is 344 g/mol. The molecule has 3 amide bonds. The van der Waals surface area contributed by atoms with Crippen LogP contribution < -0.4 is 10.2 Å². The van der Waals surface area contributed by atoms with Crippen LogP contribution in [-0.4, -0.2) is 61.0 Å². The second-order valence-corrected chi connectivity index (χ2v) is 6.75. The highest BCUT2D eigenvalue weighted by Gasteiger charge is 2.21. The molecule has 3 rings (SSSR count). The van der Waals surface area contributed by atoms with Gasteiger partial charge in [0.15, 0.2) is 0 Å². The van der Waals surface area contributed by atoms with E-state index in [-0.39, 0.29) is 11.9 Å². The first-order valence-corrected chi connectivity index (χ1v) is 9.32. The molecule has 136 valence electrons. The van der Waals surface area contributed by atoms with Crippen LogP contribution >= 0.6 is 0 Å². The van der Waals surface area contributed by atoms with Gasteiger partial charge in [-0.25, -0.2) is 4.79 Å². The van der Waals surface area contributed by atoms with E-state index in [4.69, 9.17) is 0 Å². The molecule has 25 heavy (non-hydrogen) atoms. The summed E-state index contributed by atoms with van der Waals surface area (Å²) in [5.41, 5.74) is 1.96. The summed E-state index contributed by atoms with van der Waals surface area (Å²) in [7, 11) is 0. The average molecular weight is 344 g/mol. The van der Waals surface area contributed by atoms with Gasteiger partial charge in [0.1, 0.15) is 0 Å². The largest absolute Gasteiger partial charge is 0.334 e. The van der Waals surface area contributed by atoms with Crippen LogP contribution in [-0.2, 0) is 11.3 Å². The Bertz CT molecular complexity index is 611. The van der Waals surface area contributed by atoms with E-state index >= 15 is 0 Å². The van der Waals surface area contributed by atoms with E-state index in [1.54, 1.807) is 0 Å². The van der Waals surface area contributed by atoms with E-state index in [1.165, 1.54) is 0 Å². The van der Waals surface area contributed by atoms with E-state index in [0.29, 0.717) is 13.0 Å². The number of piperazine rings is 1. The van der Waals surface area contributed by atoms with Gasteiger partial charge < -0.3 is 20.0 Å². The molecule has 1 aromatic carbocycles. The van der Waals surface area contributed by atoms with Gasteiger partial charge in [-0.05, 0) is 37.1 Å². The Balaban J connectivity index is 1.54. The molecule has 0 aromatic heterocycles. The van der Waals surface area contributed by atoms with Gasteiger partial charge in [-0.2, -0.15) is 0 Å². The Labute approximate surface area is 149 Å². The molecule has 0 bridgehead atoms. The fourth-order valence-electron chi connectivity index (χ4n) is 3.47. The summed E-state index contributed by atoms with van der Waals surface area (Å²) in [4.78, 5) is 30.5. The van der Waals surface area contributed by atoms with Crippen LogP contribution in [0.1, 0.15) is 31.7 Å². The first kappa shape index (κ1) is 17.7. The standard InChI is InChI=1S/C19H28N4O2/c1-2-21-10-12-22(13-11-21)19(25)20-15-16-6-5-7-17(14-16)23-9-4-3-8-18(23)24/h5-7,14H,2-4,8-13,15H2,1H3,(H,20,25). The molecule has 2 fully saturated rings. The first-order valence-electron chi connectivity index (χ1n) is 9.32. The maximum Gasteiger partial charge on any atom is 0.317 e. The van der Waals surface area contributed by atoms with Crippen LogP contribution in [0, 0.1) is 0 Å². The SMILES string of the molecule is CCN1CCN(C(=O)NCc2cccc(N3CCCCC3=O)c2)CC1. The lowest BCUT2D eigenvalue weighted by Crippen LogP contribution is -2.51. The molecule has 2 aliphatic rings. The number of benzene rings is 1. The molecule has 6 nitrogen and oxygen atoms in total. The number of likely N-dealkylation sites (N-methyl/N-ethyl adjacent to an activating group) is 1. The van der Waals surface area contributed by atoms with Crippen molar-refractivity contribution in [2.45, 2.75) is 32.7 Å². The quantitative estimate of drug-likeness (QED) is 0.909. The van der Waals surface area contributed by atoms with Gasteiger partial charge in [0, 0.05) is 51.4 Å². The highest BCUT2D eigenvalue weighted by molar-refractivity contribution is 5.94. The lowest BCUT2D eigenvalue weighted by Gasteiger charge is -2.34. The third-order valence-electron chi connectivity index (χ3n) is 5.10. The topological polar surface area (TPSA) is 55.9 Å². The normalized spacial score (nSPS) is 19.2. The van der Waals surface area contributed by atoms with Gasteiger partial charge in [-0.1, -0.05) is 19.1 Å². The Hall–Kier alpha value is -2.08. The zero-order chi connectivity index (χ0) is 17.6. The number of hydrogen-bond donors (Lipinski definition) is 1. The second-order valence-electron chi connectivity index (χ2n) is 6.75. The molecule has 2 aliphatic heterocycles. The number of piperidine rings is 1. The van der Waals surface area contributed by atoms with Crippen molar-refractivity contribution in [3.63, 3.8) is 0 Å². The van der Waals surface area contributed by atoms with Crippen molar-refractivity contribution in [3.05, 3.63) is 29.8 Å². The minimum atomic E-state index is -0.00444. The average Bonchev–Trinajstić information content (AvgIpc) is 2.67. The molecule has 0 atom stereocenters. The van der Waals surface area contributed by atoms with E-state index in [1.807, 2.05) is 34.1 Å². The zero-order valence-electron chi connectivity index (χ0n) is 15.0. The molecule has 0 unspecified atom stereocenters. The molecule has 1 aromatic rings. The van der Waals surface area contributed by atoms with Crippen molar-refractivity contribution in [3.8, 4) is 0 Å². The molecule has 2 heterocycles. The third kappa shape index (κ3) is 4.51. The van der Waals surface area contributed by atoms with Gasteiger partial charge in [-0.3, -0.25) is 4.79 Å². The summed E-state index contributed by atoms with van der Waals surface area (Å²) in [6.45, 7) is 7.91. The molecule has 0 spiro atoms. The first-order chi connectivity index (χ1) is 12.2. The summed E-state index contributed by atoms with van der Waals surface area (Å²) in [5, 5.41) is 3.01. The van der Waals surface area contributed by atoms with Gasteiger partial charge in [0.05, 0.1) is 0 Å². The van der Waals surface area contributed by atoms with E-state index in [0.717, 1.165) is 63.4 Å². The summed E-state index contributed by atoms with van der Waals surface area (Å²) >= 11 is 0. The number of anilines is 1. The predicted octanol–water partition coefficient (Wildman–Crippen LogP) is 2.05. The van der Waals surface area contributed by atoms with Crippen molar-refractivity contribution in [1.82, 2.24) is 15.1 Å². The van der Waals surface area contributed by atoms with Gasteiger partial charge >= 0.3 is 6.03 Å². The molecule has 1 N–H and O–H groups in total. The smallest absolute Gasteiger partial charge is 0.317 e. The number of carbonyl (C=O) groups excluding carboxylic acids is 2. The number of carbonyl (C=O) groups is 2. The van der Waals surface area contributed by atoms with Crippen LogP contribution in [0.3, 0.4) is 0 Å². The summed E-state index contributed by atoms with van der Waals surface area (Å²) < 4.78 is 0. The molecule has 2 saturated heterocycles. The molecule has 0 saturated carbocycles. The summed E-state index contributed by atoms with van der Waals surface area (Å²) in [6, 6.07) is 7.93. The number of urea groups is 1. The lowest BCUT2D eigenvalue weighted by molar-refractivity contribution is -0.119. The molecule has 6 heteroatoms. The Kier molecular flexibility index (Phi) is 5.91. The van der Waals surface area contributed by atoms with E-state index in [2.05, 4.69) is 17.1 Å². The van der Waals surface area contributed by atoms with Crippen molar-refractivity contribution in [2.75, 3.05) is 44.2 Å². The lowest BCUT2D eigenvalue weighted by atomic mass is 10.1. The summed E-state index contributed by atoms with van der Waals surface area (Å²) in [5.74, 6) is 0.196. The maximum atomic E-state index is 12.3. The maximum absolute atomic E-state index is 12.3. The predicted molar refractivity (Wildman–Crippen MR) is 98.6 cm³/mol. The van der Waals surface area contributed by atoms with Gasteiger partial charge in [0.2, 0.25) is 5.91 Å². The van der Waals surface area contributed by atoms with Crippen molar-refractivity contribution in [1.29, 1.82) is 0 Å². The van der Waals surface area contributed by atoms with Crippen LogP contribution in [0.25, 0.3) is 0 Å². The highest BCUT2D eigenvalue weighted by Crippen LogP contribution is 2.21. The molecular formula is C19H28N4O2. The van der Waals surface area contributed by atoms with Crippen LogP contribution in [0.4, 0.5) is 10.5 Å². The third-order valence-corrected chi connectivity index (χ3v) is 5.10. The van der Waals surface area contributed by atoms with E-state index in [9.17, 15) is 9.59 Å². The van der Waals surface area contributed by atoms with Crippen molar-refractivity contribution in [2.24, 2.45) is 0 Å². The number of amides is 3. The number of rotatable bonds is 4. The van der Waals surface area contributed by atoms with Gasteiger partial charge in [0.25, 0.3) is 0 Å². The number of nitrogens with zero attached hydrogens (tertiary/aromatic N) is 3. The van der Waals surface area contributed by atoms with Crippen LogP contribution in [0.15, 0.2) is 24.3 Å². The molecule has 0 radical (unpaired) electrons. The van der Waals surface area contributed by atoms with E-state index < -0.39 is 0 Å². The fraction of sp³-hybridized carbons (Fsp3) is 0.579. The Morgan fingerprint density at radius 1 is 1.12 bits per heavy atom. The second kappa shape index (κ2) is 8.34. The number of hydrogen-bond acceptors (Lipinski definition) is 3. The minimum absolute atomic E-state index is 0.00444. The minimum Gasteiger partial charge on any atom is -0.334 e. The van der Waals surface area contributed by atoms with Crippen molar-refractivity contribution >= 4 is 17.6 Å². The summed E-state index contributed by atoms with van der Waals surface area (Å²) in [6.07, 6.45) is 2.66. The zero-order valence-corrected chi connectivity index (χ0v) is 15.0. The van der Waals surface area contributed by atoms with Gasteiger partial charge in [-0.15, -0.1) is 0 Å². The Morgan fingerprint density at radius 2 is 1.92 bits per heavy atom. The van der Waals surface area contributed by atoms with Crippen LogP contribution in [0.5, 0.6) is 0 Å². The fourth-order valence-corrected chi connectivity index (χ4v) is 3.47. The van der Waals surface area contributed by atoms with Crippen LogP contribution in [0.2, 0.25) is 0 Å². The molecular weight excluding hydrogens is 316 g/mol. The molecule has 0 aliphatic carbocycles.